The molecule has 1 atom stereocenters. The Morgan fingerprint density at radius 2 is 1.89 bits per heavy atom. The largest absolute Gasteiger partial charge is 0.393 e. The van der Waals surface area contributed by atoms with Crippen LogP contribution in [-0.4, -0.2) is 64.3 Å². The third-order valence-electron chi connectivity index (χ3n) is 3.44. The second-order valence-corrected chi connectivity index (χ2v) is 6.38. The first kappa shape index (κ1) is 15.8. The molecule has 0 amide bonds. The summed E-state index contributed by atoms with van der Waals surface area (Å²) in [5.74, 6) is 0. The van der Waals surface area contributed by atoms with Gasteiger partial charge in [-0.05, 0) is 20.3 Å². The molecule has 0 radical (unpaired) electrons. The van der Waals surface area contributed by atoms with Crippen LogP contribution in [0, 0.1) is 0 Å². The number of hydrogen-bond donors (Lipinski definition) is 2. The van der Waals surface area contributed by atoms with Gasteiger partial charge >= 0.3 is 0 Å². The molecule has 0 aromatic carbocycles. The van der Waals surface area contributed by atoms with E-state index < -0.39 is 5.60 Å². The summed E-state index contributed by atoms with van der Waals surface area (Å²) in [4.78, 5) is 5.41. The standard InChI is InChI=1S/C13H27N3OS/c1-4-11(9-12(14)18)16-7-5-15(6-8-16)10-13(2,3)17/h11,17H,4-10H2,1-3H3,(H2,14,18). The van der Waals surface area contributed by atoms with E-state index in [4.69, 9.17) is 18.0 Å². The van der Waals surface area contributed by atoms with Gasteiger partial charge in [0.1, 0.15) is 0 Å². The van der Waals surface area contributed by atoms with Crippen LogP contribution in [0.25, 0.3) is 0 Å². The highest BCUT2D eigenvalue weighted by molar-refractivity contribution is 7.80. The number of aliphatic hydroxyl groups is 1. The van der Waals surface area contributed by atoms with Crippen molar-refractivity contribution in [2.75, 3.05) is 32.7 Å². The van der Waals surface area contributed by atoms with Crippen LogP contribution < -0.4 is 5.73 Å². The number of piperazine rings is 1. The summed E-state index contributed by atoms with van der Waals surface area (Å²) in [7, 11) is 0. The number of nitrogens with zero attached hydrogens (tertiary/aromatic N) is 2. The van der Waals surface area contributed by atoms with Crippen molar-refractivity contribution in [1.82, 2.24) is 9.80 Å². The van der Waals surface area contributed by atoms with Crippen molar-refractivity contribution in [3.05, 3.63) is 0 Å². The highest BCUT2D eigenvalue weighted by Gasteiger charge is 2.25. The van der Waals surface area contributed by atoms with Gasteiger partial charge in [-0.15, -0.1) is 0 Å². The van der Waals surface area contributed by atoms with Crippen molar-refractivity contribution in [2.24, 2.45) is 5.73 Å². The lowest BCUT2D eigenvalue weighted by Crippen LogP contribution is -2.53. The Hall–Kier alpha value is -0.230. The molecule has 1 unspecified atom stereocenters. The lowest BCUT2D eigenvalue weighted by Gasteiger charge is -2.40. The van der Waals surface area contributed by atoms with Crippen LogP contribution in [0.2, 0.25) is 0 Å². The Morgan fingerprint density at radius 3 is 2.28 bits per heavy atom. The fraction of sp³-hybridized carbons (Fsp3) is 0.923. The van der Waals surface area contributed by atoms with E-state index in [2.05, 4.69) is 16.7 Å². The SMILES string of the molecule is CCC(CC(N)=S)N1CCN(CC(C)(C)O)CC1. The van der Waals surface area contributed by atoms with Gasteiger partial charge in [-0.2, -0.15) is 0 Å². The number of nitrogens with two attached hydrogens (primary N) is 1. The lowest BCUT2D eigenvalue weighted by molar-refractivity contribution is 0.0111. The van der Waals surface area contributed by atoms with E-state index in [1.54, 1.807) is 0 Å². The van der Waals surface area contributed by atoms with Crippen LogP contribution in [0.3, 0.4) is 0 Å². The minimum absolute atomic E-state index is 0.479. The maximum absolute atomic E-state index is 9.82. The van der Waals surface area contributed by atoms with Gasteiger partial charge in [-0.3, -0.25) is 9.80 Å². The van der Waals surface area contributed by atoms with Crippen LogP contribution in [0.5, 0.6) is 0 Å². The predicted molar refractivity (Wildman–Crippen MR) is 79.8 cm³/mol. The van der Waals surface area contributed by atoms with Crippen LogP contribution in [0.4, 0.5) is 0 Å². The zero-order valence-electron chi connectivity index (χ0n) is 11.9. The van der Waals surface area contributed by atoms with Gasteiger partial charge < -0.3 is 10.8 Å². The molecule has 0 aromatic rings. The molecule has 1 aliphatic rings. The molecule has 1 fully saturated rings. The van der Waals surface area contributed by atoms with Gasteiger partial charge in [0.25, 0.3) is 0 Å². The maximum Gasteiger partial charge on any atom is 0.0743 e. The average Bonchev–Trinajstić information content (AvgIpc) is 2.24. The summed E-state index contributed by atoms with van der Waals surface area (Å²) >= 11 is 5.01. The summed E-state index contributed by atoms with van der Waals surface area (Å²) in [6, 6.07) is 0.479. The molecule has 1 aliphatic heterocycles. The number of β-amino-alcohol motifs (C(OH)–C–C–N with tert-alkyl or cyclic N) is 1. The Balaban J connectivity index is 2.40. The van der Waals surface area contributed by atoms with Crippen LogP contribution >= 0.6 is 12.2 Å². The Kier molecular flexibility index (Phi) is 5.98. The fourth-order valence-corrected chi connectivity index (χ4v) is 2.79. The van der Waals surface area contributed by atoms with Gasteiger partial charge in [-0.1, -0.05) is 19.1 Å². The first-order valence-electron chi connectivity index (χ1n) is 6.79. The minimum atomic E-state index is -0.606. The van der Waals surface area contributed by atoms with Crippen LogP contribution in [0.1, 0.15) is 33.6 Å². The van der Waals surface area contributed by atoms with E-state index in [-0.39, 0.29) is 0 Å². The summed E-state index contributed by atoms with van der Waals surface area (Å²) in [5, 5.41) is 9.82. The number of rotatable bonds is 6. The Labute approximate surface area is 116 Å². The lowest BCUT2D eigenvalue weighted by atomic mass is 10.1. The molecule has 3 N–H and O–H groups in total. The summed E-state index contributed by atoms with van der Waals surface area (Å²) in [6.45, 7) is 10.8. The molecule has 5 heteroatoms. The second-order valence-electron chi connectivity index (χ2n) is 5.86. The fourth-order valence-electron chi connectivity index (χ4n) is 2.60. The van der Waals surface area contributed by atoms with Gasteiger partial charge in [0.2, 0.25) is 0 Å². The van der Waals surface area contributed by atoms with Crippen molar-refractivity contribution in [3.8, 4) is 0 Å². The number of hydrogen-bond acceptors (Lipinski definition) is 4. The zero-order chi connectivity index (χ0) is 13.8. The minimum Gasteiger partial charge on any atom is -0.393 e. The molecule has 0 aliphatic carbocycles. The van der Waals surface area contributed by atoms with E-state index in [0.29, 0.717) is 11.0 Å². The second kappa shape index (κ2) is 6.80. The van der Waals surface area contributed by atoms with Gasteiger partial charge in [0, 0.05) is 45.2 Å². The first-order chi connectivity index (χ1) is 8.31. The average molecular weight is 273 g/mol. The van der Waals surface area contributed by atoms with Gasteiger partial charge in [0.05, 0.1) is 10.6 Å². The zero-order valence-corrected chi connectivity index (χ0v) is 12.7. The van der Waals surface area contributed by atoms with E-state index >= 15 is 0 Å². The van der Waals surface area contributed by atoms with Crippen molar-refractivity contribution in [1.29, 1.82) is 0 Å². The normalized spacial score (nSPS) is 20.9. The molecular weight excluding hydrogens is 246 g/mol. The Morgan fingerprint density at radius 1 is 1.33 bits per heavy atom. The highest BCUT2D eigenvalue weighted by Crippen LogP contribution is 2.14. The molecular formula is C13H27N3OS. The quantitative estimate of drug-likeness (QED) is 0.702. The Bertz CT molecular complexity index is 270. The van der Waals surface area contributed by atoms with Crippen LogP contribution in [0.15, 0.2) is 0 Å². The third kappa shape index (κ3) is 5.61. The molecule has 0 aromatic heterocycles. The molecule has 0 spiro atoms. The highest BCUT2D eigenvalue weighted by atomic mass is 32.1. The summed E-state index contributed by atoms with van der Waals surface area (Å²) in [5.41, 5.74) is 5.04. The van der Waals surface area contributed by atoms with E-state index in [0.717, 1.165) is 45.6 Å². The molecule has 0 saturated carbocycles. The van der Waals surface area contributed by atoms with Crippen molar-refractivity contribution in [2.45, 2.75) is 45.3 Å². The molecule has 18 heavy (non-hydrogen) atoms. The van der Waals surface area contributed by atoms with Gasteiger partial charge in [0.15, 0.2) is 0 Å². The number of thiocarbonyl (C=S) groups is 1. The predicted octanol–water partition coefficient (Wildman–Crippen LogP) is 0.830. The van der Waals surface area contributed by atoms with E-state index in [1.807, 2.05) is 13.8 Å². The summed E-state index contributed by atoms with van der Waals surface area (Å²) < 4.78 is 0. The molecule has 1 heterocycles. The van der Waals surface area contributed by atoms with Crippen molar-refractivity contribution in [3.63, 3.8) is 0 Å². The molecule has 1 rings (SSSR count). The molecule has 106 valence electrons. The van der Waals surface area contributed by atoms with E-state index in [1.165, 1.54) is 0 Å². The molecule has 1 saturated heterocycles. The molecule has 4 nitrogen and oxygen atoms in total. The maximum atomic E-state index is 9.82. The topological polar surface area (TPSA) is 52.7 Å². The van der Waals surface area contributed by atoms with Crippen molar-refractivity contribution >= 4 is 17.2 Å². The van der Waals surface area contributed by atoms with Crippen molar-refractivity contribution < 1.29 is 5.11 Å². The third-order valence-corrected chi connectivity index (χ3v) is 3.61. The van der Waals surface area contributed by atoms with Crippen LogP contribution in [-0.2, 0) is 0 Å². The smallest absolute Gasteiger partial charge is 0.0743 e. The van der Waals surface area contributed by atoms with Gasteiger partial charge in [-0.25, -0.2) is 0 Å². The molecule has 0 bridgehead atoms. The monoisotopic (exact) mass is 273 g/mol. The van der Waals surface area contributed by atoms with E-state index in [9.17, 15) is 5.11 Å². The first-order valence-corrected chi connectivity index (χ1v) is 7.19. The summed E-state index contributed by atoms with van der Waals surface area (Å²) in [6.07, 6.45) is 1.90.